The second-order valence-electron chi connectivity index (χ2n) is 5.04. The molecule has 0 radical (unpaired) electrons. The Morgan fingerprint density at radius 3 is 2.42 bits per heavy atom. The van der Waals surface area contributed by atoms with Crippen LogP contribution in [0.4, 0.5) is 14.5 Å². The standard InChI is InChI=1S/C17H14F2N4S/c18-14-2-1-3-15(19)16(14)22-17(24)21-10-12-4-6-13(7-5-12)23-9-8-20-11-23/h1-9,11H,10H2,(H2,21,22,24). The first-order chi connectivity index (χ1) is 11.6. The van der Waals surface area contributed by atoms with Crippen LogP contribution in [0.3, 0.4) is 0 Å². The molecule has 0 bridgehead atoms. The fraction of sp³-hybridized carbons (Fsp3) is 0.0588. The van der Waals surface area contributed by atoms with Crippen molar-refractivity contribution in [3.8, 4) is 5.69 Å². The van der Waals surface area contributed by atoms with Gasteiger partial charge in [0, 0.05) is 24.6 Å². The molecule has 0 amide bonds. The minimum Gasteiger partial charge on any atom is -0.358 e. The summed E-state index contributed by atoms with van der Waals surface area (Å²) in [6.07, 6.45) is 5.28. The van der Waals surface area contributed by atoms with Crippen molar-refractivity contribution in [2.75, 3.05) is 5.32 Å². The van der Waals surface area contributed by atoms with Gasteiger partial charge in [0.05, 0.1) is 6.33 Å². The number of benzene rings is 2. The highest BCUT2D eigenvalue weighted by Crippen LogP contribution is 2.17. The largest absolute Gasteiger partial charge is 0.358 e. The number of nitrogens with zero attached hydrogens (tertiary/aromatic N) is 2. The summed E-state index contributed by atoms with van der Waals surface area (Å²) in [5.41, 5.74) is 1.72. The van der Waals surface area contributed by atoms with Crippen molar-refractivity contribution in [3.63, 3.8) is 0 Å². The third kappa shape index (κ3) is 3.75. The van der Waals surface area contributed by atoms with E-state index in [0.717, 1.165) is 11.3 Å². The summed E-state index contributed by atoms with van der Waals surface area (Å²) in [6.45, 7) is 0.437. The summed E-state index contributed by atoms with van der Waals surface area (Å²) in [7, 11) is 0. The van der Waals surface area contributed by atoms with Crippen molar-refractivity contribution < 1.29 is 8.78 Å². The Balaban J connectivity index is 1.58. The normalized spacial score (nSPS) is 10.4. The molecule has 1 heterocycles. The molecule has 0 aliphatic rings. The van der Waals surface area contributed by atoms with E-state index in [9.17, 15) is 8.78 Å². The molecule has 2 N–H and O–H groups in total. The number of rotatable bonds is 4. The van der Waals surface area contributed by atoms with E-state index in [4.69, 9.17) is 12.2 Å². The SMILES string of the molecule is Fc1cccc(F)c1NC(=S)NCc1ccc(-n2ccnc2)cc1. The lowest BCUT2D eigenvalue weighted by Gasteiger charge is -2.12. The van der Waals surface area contributed by atoms with E-state index in [1.807, 2.05) is 35.0 Å². The molecule has 1 aromatic heterocycles. The van der Waals surface area contributed by atoms with Crippen LogP contribution < -0.4 is 10.6 Å². The van der Waals surface area contributed by atoms with E-state index < -0.39 is 11.6 Å². The molecule has 0 aliphatic carbocycles. The van der Waals surface area contributed by atoms with Gasteiger partial charge in [-0.3, -0.25) is 0 Å². The van der Waals surface area contributed by atoms with Gasteiger partial charge >= 0.3 is 0 Å². The lowest BCUT2D eigenvalue weighted by molar-refractivity contribution is 0.591. The summed E-state index contributed by atoms with van der Waals surface area (Å²) >= 11 is 5.08. The molecule has 7 heteroatoms. The van der Waals surface area contributed by atoms with Crippen molar-refractivity contribution >= 4 is 23.0 Å². The zero-order chi connectivity index (χ0) is 16.9. The van der Waals surface area contributed by atoms with Crippen molar-refractivity contribution in [1.82, 2.24) is 14.9 Å². The van der Waals surface area contributed by atoms with Crippen LogP contribution in [-0.4, -0.2) is 14.7 Å². The van der Waals surface area contributed by atoms with Gasteiger partial charge in [0.25, 0.3) is 0 Å². The minimum absolute atomic E-state index is 0.151. The van der Waals surface area contributed by atoms with Crippen LogP contribution in [0.1, 0.15) is 5.56 Å². The second-order valence-corrected chi connectivity index (χ2v) is 5.45. The number of halogens is 2. The molecule has 0 atom stereocenters. The lowest BCUT2D eigenvalue weighted by Crippen LogP contribution is -2.28. The van der Waals surface area contributed by atoms with Gasteiger partial charge in [0.2, 0.25) is 0 Å². The second kappa shape index (κ2) is 7.18. The lowest BCUT2D eigenvalue weighted by atomic mass is 10.2. The van der Waals surface area contributed by atoms with Crippen molar-refractivity contribution in [2.24, 2.45) is 0 Å². The predicted molar refractivity (Wildman–Crippen MR) is 93.0 cm³/mol. The summed E-state index contributed by atoms with van der Waals surface area (Å²) in [6, 6.07) is 11.4. The maximum atomic E-state index is 13.6. The Hall–Kier alpha value is -2.80. The fourth-order valence-electron chi connectivity index (χ4n) is 2.16. The average Bonchev–Trinajstić information content (AvgIpc) is 3.11. The monoisotopic (exact) mass is 344 g/mol. The van der Waals surface area contributed by atoms with E-state index in [1.54, 1.807) is 12.5 Å². The zero-order valence-electron chi connectivity index (χ0n) is 12.5. The molecule has 0 fully saturated rings. The molecular formula is C17H14F2N4S. The summed E-state index contributed by atoms with van der Waals surface area (Å²) in [5.74, 6) is -1.38. The highest BCUT2D eigenvalue weighted by atomic mass is 32.1. The van der Waals surface area contributed by atoms with E-state index in [0.29, 0.717) is 6.54 Å². The summed E-state index contributed by atoms with van der Waals surface area (Å²) < 4.78 is 29.0. The van der Waals surface area contributed by atoms with Gasteiger partial charge in [-0.15, -0.1) is 0 Å². The Kier molecular flexibility index (Phi) is 4.81. The van der Waals surface area contributed by atoms with E-state index in [1.165, 1.54) is 18.2 Å². The van der Waals surface area contributed by atoms with Gasteiger partial charge in [0.15, 0.2) is 5.11 Å². The van der Waals surface area contributed by atoms with Crippen LogP contribution in [0.5, 0.6) is 0 Å². The molecule has 3 aromatic rings. The Labute approximate surface area is 143 Å². The summed E-state index contributed by atoms with van der Waals surface area (Å²) in [4.78, 5) is 4.00. The molecule has 4 nitrogen and oxygen atoms in total. The number of aromatic nitrogens is 2. The number of hydrogen-bond donors (Lipinski definition) is 2. The van der Waals surface area contributed by atoms with Crippen LogP contribution in [0.2, 0.25) is 0 Å². The third-order valence-corrected chi connectivity index (χ3v) is 3.64. The first-order valence-corrected chi connectivity index (χ1v) is 7.60. The number of thiocarbonyl (C=S) groups is 1. The van der Waals surface area contributed by atoms with Crippen molar-refractivity contribution in [1.29, 1.82) is 0 Å². The maximum absolute atomic E-state index is 13.6. The van der Waals surface area contributed by atoms with Crippen LogP contribution >= 0.6 is 12.2 Å². The number of nitrogens with one attached hydrogen (secondary N) is 2. The van der Waals surface area contributed by atoms with Gasteiger partial charge in [-0.25, -0.2) is 13.8 Å². The Bertz CT molecular complexity index is 812. The first-order valence-electron chi connectivity index (χ1n) is 7.19. The predicted octanol–water partition coefficient (Wildman–Crippen LogP) is 3.64. The quantitative estimate of drug-likeness (QED) is 0.709. The van der Waals surface area contributed by atoms with Crippen LogP contribution in [0, 0.1) is 11.6 Å². The molecule has 0 unspecified atom stereocenters. The smallest absolute Gasteiger partial charge is 0.171 e. The van der Waals surface area contributed by atoms with Crippen LogP contribution in [0.15, 0.2) is 61.2 Å². The molecule has 122 valence electrons. The third-order valence-electron chi connectivity index (χ3n) is 3.39. The number of imidazole rings is 1. The maximum Gasteiger partial charge on any atom is 0.171 e. The highest BCUT2D eigenvalue weighted by Gasteiger charge is 2.09. The zero-order valence-corrected chi connectivity index (χ0v) is 13.4. The van der Waals surface area contributed by atoms with E-state index >= 15 is 0 Å². The molecular weight excluding hydrogens is 330 g/mol. The van der Waals surface area contributed by atoms with E-state index in [2.05, 4.69) is 15.6 Å². The average molecular weight is 344 g/mol. The van der Waals surface area contributed by atoms with Gasteiger partial charge in [-0.2, -0.15) is 0 Å². The fourth-order valence-corrected chi connectivity index (χ4v) is 2.33. The van der Waals surface area contributed by atoms with Crippen LogP contribution in [-0.2, 0) is 6.54 Å². The highest BCUT2D eigenvalue weighted by molar-refractivity contribution is 7.80. The topological polar surface area (TPSA) is 41.9 Å². The molecule has 0 spiro atoms. The molecule has 3 rings (SSSR count). The minimum atomic E-state index is -0.691. The van der Waals surface area contributed by atoms with Crippen molar-refractivity contribution in [3.05, 3.63) is 78.4 Å². The Morgan fingerprint density at radius 2 is 1.79 bits per heavy atom. The number of para-hydroxylation sites is 1. The molecule has 0 aliphatic heterocycles. The van der Waals surface area contributed by atoms with Gasteiger partial charge in [-0.05, 0) is 42.0 Å². The molecule has 24 heavy (non-hydrogen) atoms. The molecule has 0 saturated carbocycles. The summed E-state index contributed by atoms with van der Waals surface area (Å²) in [5, 5.41) is 5.62. The molecule has 2 aromatic carbocycles. The molecule has 0 saturated heterocycles. The number of hydrogen-bond acceptors (Lipinski definition) is 2. The van der Waals surface area contributed by atoms with Gasteiger partial charge in [0.1, 0.15) is 17.3 Å². The number of anilines is 1. The van der Waals surface area contributed by atoms with Crippen LogP contribution in [0.25, 0.3) is 5.69 Å². The van der Waals surface area contributed by atoms with Crippen molar-refractivity contribution in [2.45, 2.75) is 6.54 Å². The Morgan fingerprint density at radius 1 is 1.08 bits per heavy atom. The van der Waals surface area contributed by atoms with E-state index in [-0.39, 0.29) is 10.8 Å². The van der Waals surface area contributed by atoms with Gasteiger partial charge < -0.3 is 15.2 Å². The first kappa shape index (κ1) is 16.1. The van der Waals surface area contributed by atoms with Gasteiger partial charge in [-0.1, -0.05) is 18.2 Å².